The van der Waals surface area contributed by atoms with Gasteiger partial charge in [-0.1, -0.05) is 24.3 Å². The zero-order valence-corrected chi connectivity index (χ0v) is 12.8. The fourth-order valence-corrected chi connectivity index (χ4v) is 2.98. The van der Waals surface area contributed by atoms with E-state index in [4.69, 9.17) is 4.74 Å². The van der Waals surface area contributed by atoms with Crippen molar-refractivity contribution in [3.8, 4) is 0 Å². The van der Waals surface area contributed by atoms with Crippen molar-refractivity contribution in [1.29, 1.82) is 0 Å². The van der Waals surface area contributed by atoms with E-state index < -0.39 is 0 Å². The highest BCUT2D eigenvalue weighted by Gasteiger charge is 2.29. The molecular weight excluding hydrogens is 278 g/mol. The van der Waals surface area contributed by atoms with Gasteiger partial charge in [0, 0.05) is 18.9 Å². The van der Waals surface area contributed by atoms with E-state index in [0.717, 1.165) is 37.7 Å². The minimum absolute atomic E-state index is 0.0986. The van der Waals surface area contributed by atoms with Gasteiger partial charge in [-0.25, -0.2) is 0 Å². The number of esters is 1. The van der Waals surface area contributed by atoms with Gasteiger partial charge in [0.25, 0.3) is 0 Å². The molecule has 0 aliphatic heterocycles. The summed E-state index contributed by atoms with van der Waals surface area (Å²) in [5.41, 5.74) is 2.45. The first-order valence-electron chi connectivity index (χ1n) is 8.29. The Hall–Kier alpha value is -1.84. The molecule has 1 N–H and O–H groups in total. The lowest BCUT2D eigenvalue weighted by molar-refractivity contribution is -0.150. The number of nitrogens with one attached hydrogen (secondary N) is 1. The molecule has 1 amide bonds. The van der Waals surface area contributed by atoms with E-state index in [1.165, 1.54) is 5.56 Å². The summed E-state index contributed by atoms with van der Waals surface area (Å²) < 4.78 is 5.63. The van der Waals surface area contributed by atoms with E-state index in [-0.39, 0.29) is 23.9 Å². The molecule has 0 bridgehead atoms. The highest BCUT2D eigenvalue weighted by Crippen LogP contribution is 2.32. The fourth-order valence-electron chi connectivity index (χ4n) is 2.98. The van der Waals surface area contributed by atoms with Crippen LogP contribution in [0.4, 0.5) is 0 Å². The molecule has 0 aromatic heterocycles. The van der Waals surface area contributed by atoms with Gasteiger partial charge < -0.3 is 10.1 Å². The van der Waals surface area contributed by atoms with Crippen molar-refractivity contribution in [3.63, 3.8) is 0 Å². The Morgan fingerprint density at radius 1 is 1.18 bits per heavy atom. The number of ether oxygens (including phenoxy) is 1. The van der Waals surface area contributed by atoms with E-state index in [2.05, 4.69) is 17.4 Å². The highest BCUT2D eigenvalue weighted by molar-refractivity contribution is 5.80. The van der Waals surface area contributed by atoms with Crippen LogP contribution >= 0.6 is 0 Å². The van der Waals surface area contributed by atoms with Gasteiger partial charge >= 0.3 is 5.97 Å². The maximum Gasteiger partial charge on any atom is 0.306 e. The second-order valence-corrected chi connectivity index (χ2v) is 6.24. The monoisotopic (exact) mass is 301 g/mol. The third-order valence-electron chi connectivity index (χ3n) is 4.39. The number of amides is 1. The standard InChI is InChI=1S/C18H23NO3/c20-17(9-4-12-19-18(21)14-10-11-14)22-16-8-3-6-13-5-1-2-7-15(13)16/h1-2,5,7,14,16H,3-4,6,8-12H2,(H,19,21)/t16-/m0/s1. The maximum absolute atomic E-state index is 12.0. The lowest BCUT2D eigenvalue weighted by atomic mass is 9.89. The third-order valence-corrected chi connectivity index (χ3v) is 4.39. The predicted octanol–water partition coefficient (Wildman–Crippen LogP) is 2.91. The Morgan fingerprint density at radius 2 is 2.00 bits per heavy atom. The minimum Gasteiger partial charge on any atom is -0.457 e. The molecule has 1 saturated carbocycles. The number of hydrogen-bond donors (Lipinski definition) is 1. The van der Waals surface area contributed by atoms with Gasteiger partial charge in [-0.05, 0) is 49.7 Å². The summed E-state index contributed by atoms with van der Waals surface area (Å²) in [5, 5.41) is 2.87. The summed E-state index contributed by atoms with van der Waals surface area (Å²) in [6.07, 6.45) is 5.96. The average Bonchev–Trinajstić information content (AvgIpc) is 3.37. The van der Waals surface area contributed by atoms with Crippen molar-refractivity contribution >= 4 is 11.9 Å². The predicted molar refractivity (Wildman–Crippen MR) is 83.2 cm³/mol. The van der Waals surface area contributed by atoms with Crippen molar-refractivity contribution in [2.45, 2.75) is 51.0 Å². The number of hydrogen-bond acceptors (Lipinski definition) is 3. The fraction of sp³-hybridized carbons (Fsp3) is 0.556. The lowest BCUT2D eigenvalue weighted by Crippen LogP contribution is -2.26. The van der Waals surface area contributed by atoms with Gasteiger partial charge in [0.05, 0.1) is 0 Å². The van der Waals surface area contributed by atoms with Crippen LogP contribution in [-0.4, -0.2) is 18.4 Å². The van der Waals surface area contributed by atoms with Crippen LogP contribution in [0.2, 0.25) is 0 Å². The minimum atomic E-state index is -0.164. The molecule has 22 heavy (non-hydrogen) atoms. The van der Waals surface area contributed by atoms with Gasteiger partial charge in [-0.2, -0.15) is 0 Å². The van der Waals surface area contributed by atoms with Gasteiger partial charge in [0.1, 0.15) is 6.10 Å². The number of rotatable bonds is 6. The van der Waals surface area contributed by atoms with Gasteiger partial charge in [0.2, 0.25) is 5.91 Å². The number of benzene rings is 1. The smallest absolute Gasteiger partial charge is 0.306 e. The summed E-state index contributed by atoms with van der Waals surface area (Å²) in [7, 11) is 0. The van der Waals surface area contributed by atoms with Crippen molar-refractivity contribution in [2.75, 3.05) is 6.54 Å². The van der Waals surface area contributed by atoms with E-state index in [9.17, 15) is 9.59 Å². The molecule has 4 heteroatoms. The summed E-state index contributed by atoms with van der Waals surface area (Å²) in [6, 6.07) is 8.20. The summed E-state index contributed by atoms with van der Waals surface area (Å²) >= 11 is 0. The van der Waals surface area contributed by atoms with Crippen LogP contribution in [0, 0.1) is 5.92 Å². The topological polar surface area (TPSA) is 55.4 Å². The van der Waals surface area contributed by atoms with Crippen LogP contribution in [0.15, 0.2) is 24.3 Å². The second kappa shape index (κ2) is 6.95. The molecule has 1 atom stereocenters. The summed E-state index contributed by atoms with van der Waals surface area (Å²) in [4.78, 5) is 23.5. The first-order valence-corrected chi connectivity index (χ1v) is 8.29. The first-order chi connectivity index (χ1) is 10.7. The zero-order valence-electron chi connectivity index (χ0n) is 12.8. The van der Waals surface area contributed by atoms with Crippen LogP contribution in [-0.2, 0) is 20.7 Å². The average molecular weight is 301 g/mol. The zero-order chi connectivity index (χ0) is 15.4. The van der Waals surface area contributed by atoms with E-state index in [1.54, 1.807) is 0 Å². The van der Waals surface area contributed by atoms with Crippen LogP contribution < -0.4 is 5.32 Å². The van der Waals surface area contributed by atoms with E-state index in [1.807, 2.05) is 12.1 Å². The molecule has 2 aliphatic rings. The van der Waals surface area contributed by atoms with Crippen LogP contribution in [0.25, 0.3) is 0 Å². The molecule has 118 valence electrons. The van der Waals surface area contributed by atoms with Crippen molar-refractivity contribution in [2.24, 2.45) is 5.92 Å². The Kier molecular flexibility index (Phi) is 4.76. The van der Waals surface area contributed by atoms with E-state index >= 15 is 0 Å². The van der Waals surface area contributed by atoms with Crippen molar-refractivity contribution < 1.29 is 14.3 Å². The Labute approximate surface area is 131 Å². The van der Waals surface area contributed by atoms with Crippen LogP contribution in [0.1, 0.15) is 55.8 Å². The first kappa shape index (κ1) is 15.1. The summed E-state index contributed by atoms with van der Waals surface area (Å²) in [5.74, 6) is 0.197. The van der Waals surface area contributed by atoms with E-state index in [0.29, 0.717) is 19.4 Å². The van der Waals surface area contributed by atoms with Crippen LogP contribution in [0.5, 0.6) is 0 Å². The van der Waals surface area contributed by atoms with Gasteiger partial charge in [-0.15, -0.1) is 0 Å². The number of carbonyl (C=O) groups excluding carboxylic acids is 2. The Morgan fingerprint density at radius 3 is 2.82 bits per heavy atom. The Balaban J connectivity index is 1.41. The number of carbonyl (C=O) groups is 2. The highest BCUT2D eigenvalue weighted by atomic mass is 16.5. The molecule has 4 nitrogen and oxygen atoms in total. The maximum atomic E-state index is 12.0. The van der Waals surface area contributed by atoms with Gasteiger partial charge in [0.15, 0.2) is 0 Å². The molecule has 0 unspecified atom stereocenters. The molecule has 0 radical (unpaired) electrons. The van der Waals surface area contributed by atoms with Crippen molar-refractivity contribution in [1.82, 2.24) is 5.32 Å². The Bertz CT molecular complexity index is 551. The lowest BCUT2D eigenvalue weighted by Gasteiger charge is -2.25. The van der Waals surface area contributed by atoms with Crippen molar-refractivity contribution in [3.05, 3.63) is 35.4 Å². The molecule has 0 saturated heterocycles. The quantitative estimate of drug-likeness (QED) is 0.649. The summed E-state index contributed by atoms with van der Waals surface area (Å²) in [6.45, 7) is 0.561. The molecule has 1 aromatic carbocycles. The van der Waals surface area contributed by atoms with Gasteiger partial charge in [-0.3, -0.25) is 9.59 Å². The molecule has 2 aliphatic carbocycles. The normalized spacial score (nSPS) is 20.1. The molecular formula is C18H23NO3. The molecule has 0 heterocycles. The second-order valence-electron chi connectivity index (χ2n) is 6.24. The third kappa shape index (κ3) is 3.87. The SMILES string of the molecule is O=C(CCCNC(=O)C1CC1)O[C@H]1CCCc2ccccc21. The number of aryl methyl sites for hydroxylation is 1. The largest absolute Gasteiger partial charge is 0.457 e. The van der Waals surface area contributed by atoms with Crippen LogP contribution in [0.3, 0.4) is 0 Å². The molecule has 1 fully saturated rings. The molecule has 0 spiro atoms. The number of fused-ring (bicyclic) bond motifs is 1. The molecule has 1 aromatic rings. The molecule has 3 rings (SSSR count).